The Morgan fingerprint density at radius 2 is 1.87 bits per heavy atom. The van der Waals surface area contributed by atoms with Crippen molar-refractivity contribution in [2.24, 2.45) is 11.3 Å². The lowest BCUT2D eigenvalue weighted by atomic mass is 9.72. The molecule has 1 fully saturated rings. The summed E-state index contributed by atoms with van der Waals surface area (Å²) in [5.41, 5.74) is 8.59. The van der Waals surface area contributed by atoms with E-state index in [2.05, 4.69) is 26.1 Å². The summed E-state index contributed by atoms with van der Waals surface area (Å²) in [6.07, 6.45) is 9.23. The van der Waals surface area contributed by atoms with E-state index in [0.29, 0.717) is 17.4 Å². The quantitative estimate of drug-likeness (QED) is 0.834. The Morgan fingerprint density at radius 1 is 1.17 bits per heavy atom. The van der Waals surface area contributed by atoms with E-state index < -0.39 is 0 Å². The summed E-state index contributed by atoms with van der Waals surface area (Å²) in [6.45, 7) is 6.95. The highest BCUT2D eigenvalue weighted by Crippen LogP contribution is 2.43. The topological polar surface area (TPSA) is 55.1 Å². The third kappa shape index (κ3) is 3.57. The molecule has 1 amide bonds. The highest BCUT2D eigenvalue weighted by Gasteiger charge is 2.33. The zero-order valence-corrected chi connectivity index (χ0v) is 15.5. The molecule has 1 saturated carbocycles. The van der Waals surface area contributed by atoms with Gasteiger partial charge in [0.2, 0.25) is 0 Å². The Morgan fingerprint density at radius 3 is 2.52 bits per heavy atom. The Kier molecular flexibility index (Phi) is 4.73. The van der Waals surface area contributed by atoms with Crippen molar-refractivity contribution in [3.63, 3.8) is 0 Å². The minimum atomic E-state index is 0.0705. The standard InChI is InChI=1S/C19H30N2OS/c1-19(2,3)12-9-10-14-15(11-12)23-17(20)16(14)18(22)21-13-7-5-4-6-8-13/h12-13H,4-11,20H2,1-3H3,(H,21,22)/t12-/m1/s1. The minimum Gasteiger partial charge on any atom is -0.390 e. The lowest BCUT2D eigenvalue weighted by Gasteiger charge is -2.34. The molecule has 4 heteroatoms. The zero-order chi connectivity index (χ0) is 16.6. The van der Waals surface area contributed by atoms with Crippen LogP contribution in [-0.2, 0) is 12.8 Å². The molecule has 3 N–H and O–H groups in total. The van der Waals surface area contributed by atoms with Crippen molar-refractivity contribution in [1.82, 2.24) is 5.32 Å². The average molecular weight is 335 g/mol. The van der Waals surface area contributed by atoms with E-state index >= 15 is 0 Å². The van der Waals surface area contributed by atoms with Crippen LogP contribution >= 0.6 is 11.3 Å². The van der Waals surface area contributed by atoms with Crippen molar-refractivity contribution in [3.05, 3.63) is 16.0 Å². The van der Waals surface area contributed by atoms with Crippen LogP contribution in [0.5, 0.6) is 0 Å². The van der Waals surface area contributed by atoms with Crippen LogP contribution in [0.4, 0.5) is 5.00 Å². The molecule has 0 radical (unpaired) electrons. The van der Waals surface area contributed by atoms with E-state index in [1.807, 2.05) is 0 Å². The van der Waals surface area contributed by atoms with Crippen molar-refractivity contribution >= 4 is 22.2 Å². The molecule has 1 heterocycles. The third-order valence-corrected chi connectivity index (χ3v) is 6.77. The van der Waals surface area contributed by atoms with Crippen molar-refractivity contribution in [3.8, 4) is 0 Å². The summed E-state index contributed by atoms with van der Waals surface area (Å²) in [5.74, 6) is 0.753. The first kappa shape index (κ1) is 16.8. The summed E-state index contributed by atoms with van der Waals surface area (Å²) in [4.78, 5) is 14.1. The molecule has 23 heavy (non-hydrogen) atoms. The van der Waals surface area contributed by atoms with Gasteiger partial charge in [0.25, 0.3) is 5.91 Å². The lowest BCUT2D eigenvalue weighted by molar-refractivity contribution is 0.0927. The number of rotatable bonds is 2. The van der Waals surface area contributed by atoms with Crippen LogP contribution in [0, 0.1) is 11.3 Å². The van der Waals surface area contributed by atoms with E-state index in [1.54, 1.807) is 11.3 Å². The second kappa shape index (κ2) is 6.46. The van der Waals surface area contributed by atoms with Crippen LogP contribution in [0.2, 0.25) is 0 Å². The molecule has 2 aliphatic carbocycles. The first-order valence-electron chi connectivity index (χ1n) is 9.07. The van der Waals surface area contributed by atoms with E-state index in [4.69, 9.17) is 5.73 Å². The molecule has 0 unspecified atom stereocenters. The van der Waals surface area contributed by atoms with Crippen molar-refractivity contribution in [1.29, 1.82) is 0 Å². The number of nitrogens with one attached hydrogen (secondary N) is 1. The van der Waals surface area contributed by atoms with E-state index in [0.717, 1.165) is 42.7 Å². The number of fused-ring (bicyclic) bond motifs is 1. The van der Waals surface area contributed by atoms with Gasteiger partial charge in [-0.15, -0.1) is 11.3 Å². The molecule has 3 rings (SSSR count). The largest absolute Gasteiger partial charge is 0.390 e. The van der Waals surface area contributed by atoms with Gasteiger partial charge in [-0.1, -0.05) is 40.0 Å². The summed E-state index contributed by atoms with van der Waals surface area (Å²) in [7, 11) is 0. The zero-order valence-electron chi connectivity index (χ0n) is 14.7. The predicted molar refractivity (Wildman–Crippen MR) is 98.0 cm³/mol. The average Bonchev–Trinajstić information content (AvgIpc) is 2.82. The Balaban J connectivity index is 1.76. The Bertz CT molecular complexity index is 579. The summed E-state index contributed by atoms with van der Waals surface area (Å²) >= 11 is 1.64. The Hall–Kier alpha value is -1.03. The Labute approximate surface area is 144 Å². The number of nitrogen functional groups attached to an aromatic ring is 1. The number of carbonyl (C=O) groups is 1. The van der Waals surface area contributed by atoms with Crippen molar-refractivity contribution in [2.45, 2.75) is 78.2 Å². The number of anilines is 1. The van der Waals surface area contributed by atoms with Gasteiger partial charge in [-0.05, 0) is 49.0 Å². The van der Waals surface area contributed by atoms with Crippen LogP contribution in [0.15, 0.2) is 0 Å². The molecular formula is C19H30N2OS. The molecule has 3 nitrogen and oxygen atoms in total. The molecule has 1 atom stereocenters. The van der Waals surface area contributed by atoms with Crippen LogP contribution in [-0.4, -0.2) is 11.9 Å². The predicted octanol–water partition coefficient (Wildman–Crippen LogP) is 4.54. The lowest BCUT2D eigenvalue weighted by Crippen LogP contribution is -2.37. The summed E-state index contributed by atoms with van der Waals surface area (Å²) in [5, 5.41) is 3.96. The highest BCUT2D eigenvalue weighted by molar-refractivity contribution is 7.16. The molecule has 0 aliphatic heterocycles. The summed E-state index contributed by atoms with van der Waals surface area (Å²) < 4.78 is 0. The molecule has 0 bridgehead atoms. The molecule has 0 aromatic carbocycles. The van der Waals surface area contributed by atoms with E-state index in [-0.39, 0.29) is 5.91 Å². The van der Waals surface area contributed by atoms with Gasteiger partial charge in [0.15, 0.2) is 0 Å². The number of amides is 1. The van der Waals surface area contributed by atoms with Gasteiger partial charge in [0, 0.05) is 10.9 Å². The van der Waals surface area contributed by atoms with Crippen molar-refractivity contribution < 1.29 is 4.79 Å². The van der Waals surface area contributed by atoms with Gasteiger partial charge in [-0.25, -0.2) is 0 Å². The van der Waals surface area contributed by atoms with Gasteiger partial charge in [0.05, 0.1) is 10.6 Å². The SMILES string of the molecule is CC(C)(C)[C@@H]1CCc2c(sc(N)c2C(=O)NC2CCCCC2)C1. The van der Waals surface area contributed by atoms with Gasteiger partial charge < -0.3 is 11.1 Å². The van der Waals surface area contributed by atoms with Gasteiger partial charge >= 0.3 is 0 Å². The van der Waals surface area contributed by atoms with Gasteiger partial charge in [-0.2, -0.15) is 0 Å². The van der Waals surface area contributed by atoms with Gasteiger partial charge in [0.1, 0.15) is 0 Å². The van der Waals surface area contributed by atoms with Crippen LogP contribution < -0.4 is 11.1 Å². The second-order valence-corrected chi connectivity index (χ2v) is 9.49. The fourth-order valence-corrected chi connectivity index (χ4v) is 5.30. The molecule has 1 aromatic heterocycles. The van der Waals surface area contributed by atoms with Crippen molar-refractivity contribution in [2.75, 3.05) is 5.73 Å². The molecule has 0 saturated heterocycles. The number of carbonyl (C=O) groups excluding carboxylic acids is 1. The van der Waals surface area contributed by atoms with Crippen LogP contribution in [0.1, 0.15) is 80.1 Å². The van der Waals surface area contributed by atoms with Gasteiger partial charge in [-0.3, -0.25) is 4.79 Å². The molecule has 1 aromatic rings. The third-order valence-electron chi connectivity index (χ3n) is 5.68. The fraction of sp³-hybridized carbons (Fsp3) is 0.737. The maximum Gasteiger partial charge on any atom is 0.254 e. The second-order valence-electron chi connectivity index (χ2n) is 8.36. The van der Waals surface area contributed by atoms with Crippen LogP contribution in [0.25, 0.3) is 0 Å². The highest BCUT2D eigenvalue weighted by atomic mass is 32.1. The minimum absolute atomic E-state index is 0.0705. The maximum atomic E-state index is 12.8. The fourth-order valence-electron chi connectivity index (χ4n) is 4.10. The van der Waals surface area contributed by atoms with Crippen LogP contribution in [0.3, 0.4) is 0 Å². The summed E-state index contributed by atoms with van der Waals surface area (Å²) in [6, 6.07) is 0.345. The van der Waals surface area contributed by atoms with E-state index in [1.165, 1.54) is 29.7 Å². The first-order valence-corrected chi connectivity index (χ1v) is 9.88. The molecule has 128 valence electrons. The normalized spacial score (nSPS) is 22.7. The number of nitrogens with two attached hydrogens (primary N) is 1. The monoisotopic (exact) mass is 334 g/mol. The molecular weight excluding hydrogens is 304 g/mol. The number of hydrogen-bond donors (Lipinski definition) is 2. The molecule has 0 spiro atoms. The first-order chi connectivity index (χ1) is 10.9. The maximum absolute atomic E-state index is 12.8. The number of thiophene rings is 1. The van der Waals surface area contributed by atoms with E-state index in [9.17, 15) is 4.79 Å². The smallest absolute Gasteiger partial charge is 0.254 e. The molecule has 2 aliphatic rings. The number of hydrogen-bond acceptors (Lipinski definition) is 3.